The summed E-state index contributed by atoms with van der Waals surface area (Å²) in [6.45, 7) is 4.06. The number of anilines is 2. The monoisotopic (exact) mass is 1210 g/mol. The van der Waals surface area contributed by atoms with Crippen LogP contribution in [-0.4, -0.2) is 25.6 Å². The van der Waals surface area contributed by atoms with E-state index in [-0.39, 0.29) is 39.3 Å². The molecule has 0 radical (unpaired) electrons. The van der Waals surface area contributed by atoms with Gasteiger partial charge in [-0.15, -0.1) is 0 Å². The van der Waals surface area contributed by atoms with E-state index in [0.717, 1.165) is 38.5 Å². The van der Waals surface area contributed by atoms with Gasteiger partial charge in [-0.05, 0) is 6.07 Å². The molecule has 1 aliphatic rings. The Morgan fingerprint density at radius 3 is 2.04 bits per heavy atom. The van der Waals surface area contributed by atoms with Crippen molar-refractivity contribution in [1.29, 1.82) is 0 Å². The summed E-state index contributed by atoms with van der Waals surface area (Å²) in [6, 6.07) is 55.7. The van der Waals surface area contributed by atoms with Gasteiger partial charge < -0.3 is 0 Å². The fraction of sp³-hybridized carbons (Fsp3) is 0.143. The average Bonchev–Trinajstić information content (AvgIpc) is 1.59. The van der Waals surface area contributed by atoms with Gasteiger partial charge in [0.15, 0.2) is 0 Å². The molecule has 0 aliphatic carbocycles. The van der Waals surface area contributed by atoms with Crippen LogP contribution in [0.3, 0.4) is 0 Å². The molecular formula is C70H60BN5OPt. The summed E-state index contributed by atoms with van der Waals surface area (Å²) in [5, 5.41) is 2.10. The number of aromatic nitrogens is 4. The number of para-hydroxylation sites is 4. The van der Waals surface area contributed by atoms with Gasteiger partial charge in [0.25, 0.3) is 0 Å². The maximum absolute atomic E-state index is 9.49. The van der Waals surface area contributed by atoms with Gasteiger partial charge >= 0.3 is 406 Å². The van der Waals surface area contributed by atoms with E-state index in [9.17, 15) is 5.48 Å². The van der Waals surface area contributed by atoms with E-state index in [1.165, 1.54) is 12.1 Å². The number of hydrogen-bond acceptors (Lipinski definition) is 3. The van der Waals surface area contributed by atoms with Gasteiger partial charge in [-0.1, -0.05) is 60.7 Å². The Morgan fingerprint density at radius 1 is 0.628 bits per heavy atom. The second-order valence-corrected chi connectivity index (χ2v) is 22.1. The molecule has 0 N–H and O–H groups in total. The molecule has 0 fully saturated rings. The Kier molecular flexibility index (Phi) is 9.25. The van der Waals surface area contributed by atoms with Crippen LogP contribution in [0.15, 0.2) is 218 Å². The van der Waals surface area contributed by atoms with Crippen LogP contribution in [0.1, 0.15) is 74.7 Å². The molecule has 13 rings (SSSR count). The van der Waals surface area contributed by atoms with Crippen LogP contribution in [0.5, 0.6) is 11.6 Å². The van der Waals surface area contributed by atoms with Crippen molar-refractivity contribution in [2.75, 3.05) is 4.81 Å². The molecule has 12 aromatic rings. The zero-order valence-corrected chi connectivity index (χ0v) is 45.8. The van der Waals surface area contributed by atoms with E-state index < -0.39 is 63.2 Å². The molecule has 78 heavy (non-hydrogen) atoms. The van der Waals surface area contributed by atoms with Gasteiger partial charge in [-0.2, -0.15) is 0 Å². The average molecular weight is 1210 g/mol. The minimum absolute atomic E-state index is 0.0301. The third kappa shape index (κ3) is 8.56. The Labute approximate surface area is 486 Å². The molecule has 0 saturated carbocycles. The van der Waals surface area contributed by atoms with Crippen molar-refractivity contribution in [3.8, 4) is 56.4 Å². The summed E-state index contributed by atoms with van der Waals surface area (Å²) in [7, 11) is 0. The number of fused-ring (bicyclic) bond motifs is 4. The van der Waals surface area contributed by atoms with Gasteiger partial charge in [0.1, 0.15) is 0 Å². The Bertz CT molecular complexity index is 4960. The molecule has 3 aromatic heterocycles. The fourth-order valence-electron chi connectivity index (χ4n) is 11.2. The zero-order valence-electron chi connectivity index (χ0n) is 56.5. The van der Waals surface area contributed by atoms with Crippen LogP contribution in [-0.2, 0) is 31.1 Å². The number of pyridine rings is 1. The summed E-state index contributed by atoms with van der Waals surface area (Å²) in [6.07, 6.45) is -1.83. The first-order valence-corrected chi connectivity index (χ1v) is 27.1. The van der Waals surface area contributed by atoms with Gasteiger partial charge in [0.2, 0.25) is 0 Å². The Balaban J connectivity index is 1.07. The molecule has 6 nitrogen and oxygen atoms in total. The van der Waals surface area contributed by atoms with Crippen LogP contribution < -0.4 is 15.0 Å². The first-order valence-electron chi connectivity index (χ1n) is 32.5. The van der Waals surface area contributed by atoms with Crippen molar-refractivity contribution in [3.05, 3.63) is 244 Å². The van der Waals surface area contributed by atoms with Crippen LogP contribution in [0, 0.1) is 23.4 Å². The third-order valence-electron chi connectivity index (χ3n) is 14.6. The van der Waals surface area contributed by atoms with Crippen LogP contribution in [0.25, 0.3) is 77.6 Å². The van der Waals surface area contributed by atoms with Gasteiger partial charge in [-0.25, -0.2) is 0 Å². The summed E-state index contributed by atoms with van der Waals surface area (Å²) in [5.74, 6) is 0.00678. The van der Waals surface area contributed by atoms with E-state index in [4.69, 9.17) is 22.1 Å². The van der Waals surface area contributed by atoms with E-state index in [2.05, 4.69) is 67.6 Å². The van der Waals surface area contributed by atoms with E-state index in [0.29, 0.717) is 59.8 Å². The quantitative estimate of drug-likeness (QED) is 0.121. The maximum atomic E-state index is 9.49. The zero-order chi connectivity index (χ0) is 64.5. The molecule has 0 saturated heterocycles. The van der Waals surface area contributed by atoms with Crippen LogP contribution >= 0.6 is 0 Å². The first-order chi connectivity index (χ1) is 43.1. The Hall–Kier alpha value is -8.25. The standard InChI is InChI=1S/C70H60BN5O.Pt/c1-46(2)39-51-23-14-15-26-55(51)57-38-37-54(73-45-74(63-31-19-18-30-62(63)73)68-59(49-21-10-8-11-22-49)40-47(3)41-60(68)50-33-35-52(36-34-50)70(5,6)7)44-65(57)77-67-43-48(4)42-66(72-67)75-64-32-20-28-58-56-27-16-17-29-61(56)76(69(58)64)71(75)53-24-12-9-13-25-53;/h8-38,40-44,46H,39H2,1-7H3;/i3D3,4D3,8D,10D,11D,21D,22D,39D2;. The molecule has 0 unspecified atom stereocenters. The van der Waals surface area contributed by atoms with Gasteiger partial charge in [0.05, 0.1) is 0 Å². The van der Waals surface area contributed by atoms with Crippen molar-refractivity contribution in [2.45, 2.75) is 60.1 Å². The van der Waals surface area contributed by atoms with Crippen LogP contribution in [0.4, 0.5) is 11.5 Å². The number of aryl methyl sites for hydroxylation is 2. The van der Waals surface area contributed by atoms with Crippen molar-refractivity contribution in [1.82, 2.24) is 18.6 Å². The number of ether oxygens (including phenoxy) is 1. The predicted molar refractivity (Wildman–Crippen MR) is 322 cm³/mol. The molecule has 0 amide bonds. The second kappa shape index (κ2) is 19.6. The normalized spacial score (nSPS) is 15.4. The number of nitrogens with zero attached hydrogens (tertiary/aromatic N) is 5. The van der Waals surface area contributed by atoms with E-state index in [1.807, 2.05) is 150 Å². The predicted octanol–water partition coefficient (Wildman–Crippen LogP) is 17.3. The number of imidazole rings is 1. The molecular weight excluding hydrogens is 1130 g/mol. The van der Waals surface area contributed by atoms with Crippen molar-refractivity contribution >= 4 is 56.8 Å². The summed E-state index contributed by atoms with van der Waals surface area (Å²) in [4.78, 5) is 7.33. The van der Waals surface area contributed by atoms with Gasteiger partial charge in [-0.3, -0.25) is 0 Å². The third-order valence-corrected chi connectivity index (χ3v) is 15.6. The van der Waals surface area contributed by atoms with Crippen LogP contribution in [0.2, 0.25) is 0 Å². The Morgan fingerprint density at radius 2 is 1.29 bits per heavy atom. The molecule has 0 atom stereocenters. The summed E-state index contributed by atoms with van der Waals surface area (Å²) >= 11 is 2.20. The van der Waals surface area contributed by atoms with Crippen molar-refractivity contribution < 1.29 is 41.9 Å². The van der Waals surface area contributed by atoms with Gasteiger partial charge in [0, 0.05) is 16.3 Å². The first kappa shape index (κ1) is 36.7. The molecule has 384 valence electrons. The number of hydrogen-bond donors (Lipinski definition) is 0. The molecule has 0 bridgehead atoms. The number of rotatable bonds is 11. The molecule has 0 spiro atoms. The number of benzene rings is 9. The molecule has 4 heterocycles. The molecule has 1 aliphatic heterocycles. The molecule has 9 aromatic carbocycles. The second-order valence-electron chi connectivity index (χ2n) is 21.0. The topological polar surface area (TPSA) is 40.1 Å². The minimum atomic E-state index is -2.70. The molecule has 8 heteroatoms. The van der Waals surface area contributed by atoms with E-state index in [1.54, 1.807) is 30.3 Å². The summed E-state index contributed by atoms with van der Waals surface area (Å²) in [5.41, 5.74) is 8.76. The van der Waals surface area contributed by atoms with E-state index >= 15 is 0 Å². The fourth-order valence-corrected chi connectivity index (χ4v) is 12.3. The summed E-state index contributed by atoms with van der Waals surface area (Å²) < 4.78 is 131. The van der Waals surface area contributed by atoms with Crippen molar-refractivity contribution in [2.24, 2.45) is 5.92 Å². The van der Waals surface area contributed by atoms with Crippen molar-refractivity contribution in [3.63, 3.8) is 0 Å². The SMILES string of the molecule is [2H]c1c([2H])c([2H])c(-c2cc(C([2H])([2H])[2H])cc(-c3ccc(C(C)(C)C)cc3)c2-n2[c](=[Pt])n(-c3ccc(-c4ccccc4C([2H])([2H])C(C)C)c(Oc4cc(C([2H])([2H])[2H])cc(N5B(c6ccccc6)n6c7ccccc7c7cccc5c76)n4)c3)c3ccccc32)c([2H])c1[2H].